The van der Waals surface area contributed by atoms with Gasteiger partial charge in [-0.25, -0.2) is 0 Å². The molecule has 0 unspecified atom stereocenters. The zero-order chi connectivity index (χ0) is 19.2. The van der Waals surface area contributed by atoms with Crippen LogP contribution >= 0.6 is 0 Å². The molecule has 0 radical (unpaired) electrons. The molecule has 1 aliphatic heterocycles. The summed E-state index contributed by atoms with van der Waals surface area (Å²) in [7, 11) is 0. The number of amides is 2. The van der Waals surface area contributed by atoms with Gasteiger partial charge < -0.3 is 24.3 Å². The van der Waals surface area contributed by atoms with E-state index >= 15 is 0 Å². The third-order valence-electron chi connectivity index (χ3n) is 4.26. The fourth-order valence-corrected chi connectivity index (χ4v) is 2.91. The number of rotatable bonds is 6. The van der Waals surface area contributed by atoms with Crippen LogP contribution in [0.5, 0.6) is 5.75 Å². The maximum Gasteiger partial charge on any atom is 0.387 e. The van der Waals surface area contributed by atoms with Gasteiger partial charge in [0.25, 0.3) is 11.8 Å². The zero-order valence-electron chi connectivity index (χ0n) is 14.5. The van der Waals surface area contributed by atoms with Crippen LogP contribution in [0.3, 0.4) is 0 Å². The summed E-state index contributed by atoms with van der Waals surface area (Å²) in [6.07, 6.45) is 1.46. The predicted octanol–water partition coefficient (Wildman–Crippen LogP) is 0.860. The quantitative estimate of drug-likeness (QED) is 0.780. The number of halogens is 2. The SMILES string of the molecule is O=C(C[NH+]1CCN(C(=O)c2ccco2)CC1)Nc1ccc(OC(F)F)cc1. The molecule has 0 atom stereocenters. The van der Waals surface area contributed by atoms with Crippen LogP contribution in [-0.4, -0.2) is 56.0 Å². The molecular weight excluding hydrogens is 360 g/mol. The molecule has 1 saturated heterocycles. The van der Waals surface area contributed by atoms with Crippen LogP contribution in [0.25, 0.3) is 0 Å². The van der Waals surface area contributed by atoms with Crippen LogP contribution in [0.4, 0.5) is 14.5 Å². The summed E-state index contributed by atoms with van der Waals surface area (Å²) in [6, 6.07) is 9.05. The van der Waals surface area contributed by atoms with Crippen molar-refractivity contribution in [3.8, 4) is 5.75 Å². The minimum absolute atomic E-state index is 0.0333. The average molecular weight is 380 g/mol. The zero-order valence-corrected chi connectivity index (χ0v) is 14.5. The predicted molar refractivity (Wildman–Crippen MR) is 91.9 cm³/mol. The second-order valence-electron chi connectivity index (χ2n) is 6.15. The molecule has 0 saturated carbocycles. The summed E-state index contributed by atoms with van der Waals surface area (Å²) in [4.78, 5) is 27.2. The summed E-state index contributed by atoms with van der Waals surface area (Å²) < 4.78 is 33.6. The first-order valence-corrected chi connectivity index (χ1v) is 8.52. The van der Waals surface area contributed by atoms with E-state index in [1.165, 1.54) is 30.5 Å². The summed E-state index contributed by atoms with van der Waals surface area (Å²) in [5.74, 6) is 0.0226. The van der Waals surface area contributed by atoms with Crippen molar-refractivity contribution >= 4 is 17.5 Å². The number of benzene rings is 1. The largest absolute Gasteiger partial charge is 0.459 e. The van der Waals surface area contributed by atoms with E-state index in [4.69, 9.17) is 4.42 Å². The highest BCUT2D eigenvalue weighted by atomic mass is 19.3. The normalized spacial score (nSPS) is 15.0. The Morgan fingerprint density at radius 3 is 2.48 bits per heavy atom. The molecule has 2 amide bonds. The van der Waals surface area contributed by atoms with Gasteiger partial charge in [0.2, 0.25) is 0 Å². The van der Waals surface area contributed by atoms with Gasteiger partial charge in [0.1, 0.15) is 5.75 Å². The van der Waals surface area contributed by atoms with Crippen LogP contribution in [-0.2, 0) is 4.79 Å². The Labute approximate surface area is 154 Å². The molecule has 0 aliphatic carbocycles. The van der Waals surface area contributed by atoms with Gasteiger partial charge in [-0.2, -0.15) is 8.78 Å². The Morgan fingerprint density at radius 2 is 1.89 bits per heavy atom. The standard InChI is InChI=1S/C18H19F2N3O4/c19-18(20)27-14-5-3-13(4-6-14)21-16(24)12-22-7-9-23(10-8-22)17(25)15-2-1-11-26-15/h1-6,11,18H,7-10,12H2,(H,21,24)/p+1. The number of carbonyl (C=O) groups excluding carboxylic acids is 2. The molecule has 27 heavy (non-hydrogen) atoms. The maximum atomic E-state index is 12.2. The Balaban J connectivity index is 1.43. The van der Waals surface area contributed by atoms with E-state index in [9.17, 15) is 18.4 Å². The van der Waals surface area contributed by atoms with Gasteiger partial charge in [0, 0.05) is 5.69 Å². The van der Waals surface area contributed by atoms with Gasteiger partial charge >= 0.3 is 6.61 Å². The van der Waals surface area contributed by atoms with Crippen molar-refractivity contribution in [2.75, 3.05) is 38.0 Å². The minimum atomic E-state index is -2.88. The number of piperazine rings is 1. The second kappa shape index (κ2) is 8.63. The van der Waals surface area contributed by atoms with Crippen LogP contribution in [0.15, 0.2) is 47.1 Å². The lowest BCUT2D eigenvalue weighted by Gasteiger charge is -2.31. The average Bonchev–Trinajstić information content (AvgIpc) is 3.18. The van der Waals surface area contributed by atoms with E-state index in [1.54, 1.807) is 17.0 Å². The monoisotopic (exact) mass is 380 g/mol. The summed E-state index contributed by atoms with van der Waals surface area (Å²) in [6.45, 7) is -0.226. The topological polar surface area (TPSA) is 76.2 Å². The van der Waals surface area contributed by atoms with Crippen molar-refractivity contribution in [1.82, 2.24) is 4.90 Å². The number of furan rings is 1. The van der Waals surface area contributed by atoms with Crippen LogP contribution in [0.1, 0.15) is 10.6 Å². The number of hydrogen-bond donors (Lipinski definition) is 2. The van der Waals surface area contributed by atoms with E-state index in [0.717, 1.165) is 4.90 Å². The molecule has 144 valence electrons. The highest BCUT2D eigenvalue weighted by Crippen LogP contribution is 2.17. The van der Waals surface area contributed by atoms with Crippen LogP contribution < -0.4 is 15.0 Å². The summed E-state index contributed by atoms with van der Waals surface area (Å²) in [5, 5.41) is 2.73. The van der Waals surface area contributed by atoms with Crippen molar-refractivity contribution < 1.29 is 32.4 Å². The lowest BCUT2D eigenvalue weighted by Crippen LogP contribution is -3.15. The highest BCUT2D eigenvalue weighted by Gasteiger charge is 2.27. The Bertz CT molecular complexity index is 757. The van der Waals surface area contributed by atoms with Crippen LogP contribution in [0, 0.1) is 0 Å². The Morgan fingerprint density at radius 1 is 1.19 bits per heavy atom. The van der Waals surface area contributed by atoms with Crippen LogP contribution in [0.2, 0.25) is 0 Å². The molecule has 2 heterocycles. The van der Waals surface area contributed by atoms with Crippen molar-refractivity contribution in [1.29, 1.82) is 0 Å². The number of hydrogen-bond acceptors (Lipinski definition) is 4. The number of nitrogens with one attached hydrogen (secondary N) is 2. The highest BCUT2D eigenvalue weighted by molar-refractivity contribution is 5.92. The van der Waals surface area contributed by atoms with Gasteiger partial charge in [0.05, 0.1) is 32.4 Å². The van der Waals surface area contributed by atoms with Gasteiger partial charge in [-0.3, -0.25) is 9.59 Å². The number of anilines is 1. The van der Waals surface area contributed by atoms with E-state index in [0.29, 0.717) is 37.6 Å². The second-order valence-corrected chi connectivity index (χ2v) is 6.15. The molecule has 2 N–H and O–H groups in total. The Hall–Kier alpha value is -2.94. The third-order valence-corrected chi connectivity index (χ3v) is 4.26. The number of alkyl halides is 2. The molecule has 1 aromatic heterocycles. The Kier molecular flexibility index (Phi) is 6.02. The molecule has 1 aromatic carbocycles. The summed E-state index contributed by atoms with van der Waals surface area (Å²) >= 11 is 0. The van der Waals surface area contributed by atoms with E-state index in [2.05, 4.69) is 10.1 Å². The molecule has 0 bridgehead atoms. The number of quaternary nitrogens is 1. The molecule has 1 fully saturated rings. The molecule has 1 aliphatic rings. The minimum Gasteiger partial charge on any atom is -0.459 e. The number of ether oxygens (including phenoxy) is 1. The van der Waals surface area contributed by atoms with Crippen molar-refractivity contribution in [3.63, 3.8) is 0 Å². The molecule has 0 spiro atoms. The van der Waals surface area contributed by atoms with Gasteiger partial charge in [0.15, 0.2) is 12.3 Å². The third kappa shape index (κ3) is 5.27. The number of nitrogens with zero attached hydrogens (tertiary/aromatic N) is 1. The molecule has 7 nitrogen and oxygen atoms in total. The van der Waals surface area contributed by atoms with Gasteiger partial charge in [-0.15, -0.1) is 0 Å². The summed E-state index contributed by atoms with van der Waals surface area (Å²) in [5.41, 5.74) is 0.507. The van der Waals surface area contributed by atoms with Crippen molar-refractivity contribution in [3.05, 3.63) is 48.4 Å². The molecule has 3 rings (SSSR count). The fourth-order valence-electron chi connectivity index (χ4n) is 2.91. The van der Waals surface area contributed by atoms with E-state index < -0.39 is 6.61 Å². The molecule has 2 aromatic rings. The maximum absolute atomic E-state index is 12.2. The number of carbonyl (C=O) groups is 2. The first-order chi connectivity index (χ1) is 13.0. The first-order valence-electron chi connectivity index (χ1n) is 8.52. The first kappa shape index (κ1) is 18.8. The molecule has 9 heteroatoms. The van der Waals surface area contributed by atoms with E-state index in [1.807, 2.05) is 0 Å². The molecular formula is C18H20F2N3O4+. The van der Waals surface area contributed by atoms with E-state index in [-0.39, 0.29) is 24.1 Å². The fraction of sp³-hybridized carbons (Fsp3) is 0.333. The van der Waals surface area contributed by atoms with Crippen molar-refractivity contribution in [2.24, 2.45) is 0 Å². The van der Waals surface area contributed by atoms with Crippen molar-refractivity contribution in [2.45, 2.75) is 6.61 Å². The lowest BCUT2D eigenvalue weighted by atomic mass is 10.2. The van der Waals surface area contributed by atoms with Gasteiger partial charge in [-0.05, 0) is 36.4 Å². The smallest absolute Gasteiger partial charge is 0.387 e. The van der Waals surface area contributed by atoms with Gasteiger partial charge in [-0.1, -0.05) is 0 Å². The lowest BCUT2D eigenvalue weighted by molar-refractivity contribution is -0.895.